The van der Waals surface area contributed by atoms with E-state index in [1.165, 1.54) is 0 Å². The molecule has 0 fully saturated rings. The van der Waals surface area contributed by atoms with Crippen molar-refractivity contribution < 1.29 is 0 Å². The number of hydrogen-bond acceptors (Lipinski definition) is 1. The van der Waals surface area contributed by atoms with E-state index in [4.69, 9.17) is 11.1 Å². The van der Waals surface area contributed by atoms with Crippen molar-refractivity contribution in [1.82, 2.24) is 0 Å². The third-order valence-corrected chi connectivity index (χ3v) is 1.54. The Bertz CT molecular complexity index is 281. The van der Waals surface area contributed by atoms with Crippen molar-refractivity contribution >= 4 is 11.6 Å². The third kappa shape index (κ3) is 1.99. The molecule has 3 heteroatoms. The lowest BCUT2D eigenvalue weighted by atomic mass is 10.1. The van der Waals surface area contributed by atoms with E-state index >= 15 is 0 Å². The fraction of sp³-hybridized carbons (Fsp3) is 0.111. The average molecular weight is 162 g/mol. The van der Waals surface area contributed by atoms with Crippen LogP contribution < -0.4 is 11.1 Å². The molecule has 0 aliphatic rings. The van der Waals surface area contributed by atoms with Crippen LogP contribution in [0, 0.1) is 11.8 Å². The van der Waals surface area contributed by atoms with Crippen molar-refractivity contribution in [1.29, 1.82) is 5.41 Å². The molecule has 1 aromatic carbocycles. The first-order valence-corrected chi connectivity index (χ1v) is 3.73. The lowest BCUT2D eigenvalue weighted by Gasteiger charge is -2.07. The van der Waals surface area contributed by atoms with Gasteiger partial charge in [0.15, 0.2) is 5.96 Å². The van der Waals surface area contributed by atoms with Gasteiger partial charge in [-0.2, -0.15) is 0 Å². The fourth-order valence-corrected chi connectivity index (χ4v) is 1.01. The number of anilines is 1. The summed E-state index contributed by atoms with van der Waals surface area (Å²) in [5.74, 6) is -0.0377. The Labute approximate surface area is 72.1 Å². The highest BCUT2D eigenvalue weighted by Gasteiger charge is 1.98. The number of nitrogens with one attached hydrogen (secondary N) is 2. The molecule has 0 atom stereocenters. The van der Waals surface area contributed by atoms with Crippen LogP contribution in [0.15, 0.2) is 24.3 Å². The first-order chi connectivity index (χ1) is 5.74. The third-order valence-electron chi connectivity index (χ3n) is 1.54. The molecule has 0 bridgehead atoms. The molecule has 0 heterocycles. The maximum Gasteiger partial charge on any atom is 0.190 e. The zero-order valence-electron chi connectivity index (χ0n) is 6.96. The van der Waals surface area contributed by atoms with E-state index in [2.05, 4.69) is 5.32 Å². The quantitative estimate of drug-likeness (QED) is 0.456. The average Bonchev–Trinajstić information content (AvgIpc) is 2.04. The van der Waals surface area contributed by atoms with Crippen molar-refractivity contribution in [3.8, 4) is 0 Å². The predicted molar refractivity (Wildman–Crippen MR) is 51.1 cm³/mol. The van der Waals surface area contributed by atoms with Crippen LogP contribution in [0.5, 0.6) is 0 Å². The predicted octanol–water partition coefficient (Wildman–Crippen LogP) is 1.56. The van der Waals surface area contributed by atoms with E-state index in [9.17, 15) is 0 Å². The molecule has 4 N–H and O–H groups in total. The maximum atomic E-state index is 7.06. The number of nitrogens with two attached hydrogens (primary N) is 1. The molecule has 3 nitrogen and oxygen atoms in total. The second kappa shape index (κ2) is 3.76. The van der Waals surface area contributed by atoms with Gasteiger partial charge in [0.1, 0.15) is 0 Å². The summed E-state index contributed by atoms with van der Waals surface area (Å²) < 4.78 is 0. The standard InChI is InChI=1S/C9H12N3/c1-2-7-5-3-4-6-8(7)12-9(10)11/h2-6H,1H3,(H4,10,11,12). The van der Waals surface area contributed by atoms with Crippen LogP contribution in [0.1, 0.15) is 12.5 Å². The van der Waals surface area contributed by atoms with E-state index in [0.717, 1.165) is 11.3 Å². The molecule has 63 valence electrons. The second-order valence-electron chi connectivity index (χ2n) is 2.41. The first kappa shape index (κ1) is 8.59. The molecule has 1 rings (SSSR count). The molecule has 0 aliphatic carbocycles. The van der Waals surface area contributed by atoms with Crippen LogP contribution >= 0.6 is 0 Å². The van der Waals surface area contributed by atoms with Crippen molar-refractivity contribution in [2.45, 2.75) is 6.92 Å². The zero-order valence-corrected chi connectivity index (χ0v) is 6.96. The highest BCUT2D eigenvalue weighted by Crippen LogP contribution is 2.15. The van der Waals surface area contributed by atoms with Crippen LogP contribution in [-0.4, -0.2) is 5.96 Å². The minimum Gasteiger partial charge on any atom is -0.370 e. The lowest BCUT2D eigenvalue weighted by Crippen LogP contribution is -2.21. The van der Waals surface area contributed by atoms with Gasteiger partial charge in [0, 0.05) is 5.69 Å². The molecule has 0 spiro atoms. The summed E-state index contributed by atoms with van der Waals surface area (Å²) in [6.45, 7) is 1.95. The summed E-state index contributed by atoms with van der Waals surface area (Å²) >= 11 is 0. The smallest absolute Gasteiger partial charge is 0.190 e. The van der Waals surface area contributed by atoms with Gasteiger partial charge in [-0.15, -0.1) is 0 Å². The van der Waals surface area contributed by atoms with E-state index in [1.807, 2.05) is 37.6 Å². The summed E-state index contributed by atoms with van der Waals surface area (Å²) in [4.78, 5) is 0. The van der Waals surface area contributed by atoms with Crippen LogP contribution in [0.4, 0.5) is 5.69 Å². The lowest BCUT2D eigenvalue weighted by molar-refractivity contribution is 1.37. The Kier molecular flexibility index (Phi) is 2.69. The van der Waals surface area contributed by atoms with Gasteiger partial charge in [0.25, 0.3) is 0 Å². The Hall–Kier alpha value is -1.51. The minimum atomic E-state index is -0.0377. The molecule has 0 saturated heterocycles. The molecule has 1 radical (unpaired) electrons. The number of benzene rings is 1. The van der Waals surface area contributed by atoms with Crippen LogP contribution in [0.3, 0.4) is 0 Å². The Morgan fingerprint density at radius 2 is 2.17 bits per heavy atom. The van der Waals surface area contributed by atoms with E-state index in [1.54, 1.807) is 0 Å². The Morgan fingerprint density at radius 3 is 2.75 bits per heavy atom. The SMILES string of the molecule is C[CH]c1ccccc1NC(=N)N. The zero-order chi connectivity index (χ0) is 8.97. The van der Waals surface area contributed by atoms with Gasteiger partial charge < -0.3 is 11.1 Å². The molecule has 0 saturated carbocycles. The van der Waals surface area contributed by atoms with Gasteiger partial charge in [-0.1, -0.05) is 25.1 Å². The van der Waals surface area contributed by atoms with Crippen molar-refractivity contribution in [3.63, 3.8) is 0 Å². The topological polar surface area (TPSA) is 61.9 Å². The molecule has 0 aliphatic heterocycles. The van der Waals surface area contributed by atoms with E-state index in [0.29, 0.717) is 0 Å². The van der Waals surface area contributed by atoms with E-state index in [-0.39, 0.29) is 5.96 Å². The molecule has 1 aromatic rings. The number of para-hydroxylation sites is 1. The minimum absolute atomic E-state index is 0.0377. The van der Waals surface area contributed by atoms with Crippen LogP contribution in [0.25, 0.3) is 0 Å². The highest BCUT2D eigenvalue weighted by atomic mass is 15.0. The summed E-state index contributed by atoms with van der Waals surface area (Å²) in [7, 11) is 0. The number of guanidine groups is 1. The van der Waals surface area contributed by atoms with Gasteiger partial charge in [-0.25, -0.2) is 0 Å². The second-order valence-corrected chi connectivity index (χ2v) is 2.41. The molecule has 0 unspecified atom stereocenters. The van der Waals surface area contributed by atoms with Crippen LogP contribution in [0.2, 0.25) is 0 Å². The van der Waals surface area contributed by atoms with Gasteiger partial charge in [-0.3, -0.25) is 5.41 Å². The number of rotatable bonds is 2. The Balaban J connectivity index is 2.89. The Morgan fingerprint density at radius 1 is 1.50 bits per heavy atom. The monoisotopic (exact) mass is 162 g/mol. The summed E-state index contributed by atoms with van der Waals surface area (Å²) in [5.41, 5.74) is 7.12. The largest absolute Gasteiger partial charge is 0.370 e. The maximum absolute atomic E-state index is 7.06. The van der Waals surface area contributed by atoms with Crippen molar-refractivity contribution in [2.75, 3.05) is 5.32 Å². The molecular formula is C9H12N3. The molecule has 0 amide bonds. The van der Waals surface area contributed by atoms with E-state index < -0.39 is 0 Å². The van der Waals surface area contributed by atoms with Crippen molar-refractivity contribution in [3.05, 3.63) is 36.2 Å². The molecule has 0 aromatic heterocycles. The highest BCUT2D eigenvalue weighted by molar-refractivity contribution is 5.90. The normalized spacial score (nSPS) is 9.42. The molecular weight excluding hydrogens is 150 g/mol. The first-order valence-electron chi connectivity index (χ1n) is 3.73. The summed E-state index contributed by atoms with van der Waals surface area (Å²) in [6.07, 6.45) is 1.96. The fourth-order valence-electron chi connectivity index (χ4n) is 1.01. The summed E-state index contributed by atoms with van der Waals surface area (Å²) in [5, 5.41) is 9.81. The van der Waals surface area contributed by atoms with Gasteiger partial charge >= 0.3 is 0 Å². The molecule has 12 heavy (non-hydrogen) atoms. The summed E-state index contributed by atoms with van der Waals surface area (Å²) in [6, 6.07) is 7.70. The van der Waals surface area contributed by atoms with Gasteiger partial charge in [0.2, 0.25) is 0 Å². The van der Waals surface area contributed by atoms with Gasteiger partial charge in [0.05, 0.1) is 0 Å². The van der Waals surface area contributed by atoms with Crippen LogP contribution in [-0.2, 0) is 0 Å². The van der Waals surface area contributed by atoms with Gasteiger partial charge in [-0.05, 0) is 18.1 Å². The number of hydrogen-bond donors (Lipinski definition) is 3. The van der Waals surface area contributed by atoms with Crippen molar-refractivity contribution in [2.24, 2.45) is 5.73 Å².